The highest BCUT2D eigenvalue weighted by atomic mass is 35.5. The van der Waals surface area contributed by atoms with Crippen LogP contribution in [0.2, 0.25) is 5.02 Å². The number of halogens is 5. The summed E-state index contributed by atoms with van der Waals surface area (Å²) < 4.78 is 54.7. The first-order valence-electron chi connectivity index (χ1n) is 8.97. The summed E-state index contributed by atoms with van der Waals surface area (Å²) in [4.78, 5) is 16.8. The van der Waals surface area contributed by atoms with Crippen molar-refractivity contribution in [2.45, 2.75) is 12.7 Å². The van der Waals surface area contributed by atoms with Gasteiger partial charge in [-0.05, 0) is 48.0 Å². The normalized spacial score (nSPS) is 11.6. The van der Waals surface area contributed by atoms with Gasteiger partial charge in [-0.1, -0.05) is 23.7 Å². The SMILES string of the molecule is O=C(NCc1ccc(Cl)cc1)c1cnn2c(C(F)(F)F)cc(-c3ccc(F)cc3)nc12. The van der Waals surface area contributed by atoms with Gasteiger partial charge < -0.3 is 5.32 Å². The molecule has 4 aromatic rings. The Morgan fingerprint density at radius 2 is 1.74 bits per heavy atom. The van der Waals surface area contributed by atoms with Crippen LogP contribution >= 0.6 is 11.6 Å². The highest BCUT2D eigenvalue weighted by Gasteiger charge is 2.36. The van der Waals surface area contributed by atoms with E-state index in [9.17, 15) is 22.4 Å². The van der Waals surface area contributed by atoms with Crippen molar-refractivity contribution >= 4 is 23.2 Å². The van der Waals surface area contributed by atoms with Gasteiger partial charge in [0.05, 0.1) is 11.9 Å². The van der Waals surface area contributed by atoms with E-state index in [2.05, 4.69) is 15.4 Å². The lowest BCUT2D eigenvalue weighted by atomic mass is 10.1. The highest BCUT2D eigenvalue weighted by Crippen LogP contribution is 2.32. The Bertz CT molecular complexity index is 1250. The molecule has 0 saturated heterocycles. The van der Waals surface area contributed by atoms with Gasteiger partial charge in [0, 0.05) is 17.1 Å². The van der Waals surface area contributed by atoms with E-state index in [0.717, 1.165) is 30.0 Å². The summed E-state index contributed by atoms with van der Waals surface area (Å²) >= 11 is 5.83. The zero-order valence-electron chi connectivity index (χ0n) is 15.6. The number of hydrogen-bond donors (Lipinski definition) is 1. The number of carbonyl (C=O) groups is 1. The Balaban J connectivity index is 1.74. The fourth-order valence-electron chi connectivity index (χ4n) is 2.97. The second-order valence-corrected chi connectivity index (χ2v) is 7.07. The molecule has 0 spiro atoms. The summed E-state index contributed by atoms with van der Waals surface area (Å²) in [6.45, 7) is 0.136. The Morgan fingerprint density at radius 1 is 1.06 bits per heavy atom. The van der Waals surface area contributed by atoms with Crippen molar-refractivity contribution in [1.29, 1.82) is 0 Å². The third kappa shape index (κ3) is 4.36. The van der Waals surface area contributed by atoms with Crippen molar-refractivity contribution in [2.24, 2.45) is 0 Å². The second kappa shape index (κ2) is 7.99. The summed E-state index contributed by atoms with van der Waals surface area (Å²) in [5.41, 5.74) is -0.528. The lowest BCUT2D eigenvalue weighted by molar-refractivity contribution is -0.142. The molecule has 0 aliphatic heterocycles. The van der Waals surface area contributed by atoms with Gasteiger partial charge >= 0.3 is 6.18 Å². The molecule has 0 fully saturated rings. The first-order chi connectivity index (χ1) is 14.7. The zero-order valence-corrected chi connectivity index (χ0v) is 16.4. The maximum Gasteiger partial charge on any atom is 0.433 e. The van der Waals surface area contributed by atoms with E-state index >= 15 is 0 Å². The minimum atomic E-state index is -4.75. The molecule has 0 bridgehead atoms. The first kappa shape index (κ1) is 20.8. The maximum atomic E-state index is 13.6. The van der Waals surface area contributed by atoms with Crippen molar-refractivity contribution in [3.8, 4) is 11.3 Å². The Hall–Kier alpha value is -3.46. The molecule has 0 aliphatic rings. The van der Waals surface area contributed by atoms with Gasteiger partial charge in [-0.25, -0.2) is 13.9 Å². The van der Waals surface area contributed by atoms with Crippen molar-refractivity contribution in [1.82, 2.24) is 19.9 Å². The molecule has 0 aliphatic carbocycles. The summed E-state index contributed by atoms with van der Waals surface area (Å²) in [5, 5.41) is 6.89. The maximum absolute atomic E-state index is 13.6. The molecule has 1 amide bonds. The summed E-state index contributed by atoms with van der Waals surface area (Å²) in [5.74, 6) is -1.17. The quantitative estimate of drug-likeness (QED) is 0.440. The van der Waals surface area contributed by atoms with Crippen molar-refractivity contribution in [2.75, 3.05) is 0 Å². The molecule has 0 atom stereocenters. The smallest absolute Gasteiger partial charge is 0.348 e. The summed E-state index contributed by atoms with van der Waals surface area (Å²) in [7, 11) is 0. The molecular formula is C21H13ClF4N4O. The number of nitrogens with zero attached hydrogens (tertiary/aromatic N) is 3. The van der Waals surface area contributed by atoms with E-state index in [-0.39, 0.29) is 29.0 Å². The minimum absolute atomic E-state index is 0.0629. The number of hydrogen-bond acceptors (Lipinski definition) is 3. The molecule has 158 valence electrons. The lowest BCUT2D eigenvalue weighted by Gasteiger charge is -2.12. The van der Waals surface area contributed by atoms with Crippen molar-refractivity contribution in [3.63, 3.8) is 0 Å². The Labute approximate surface area is 178 Å². The van der Waals surface area contributed by atoms with Crippen LogP contribution in [0.4, 0.5) is 17.6 Å². The van der Waals surface area contributed by atoms with Gasteiger partial charge in [0.1, 0.15) is 11.4 Å². The van der Waals surface area contributed by atoms with E-state index in [1.165, 1.54) is 12.1 Å². The number of nitrogens with one attached hydrogen (secondary N) is 1. The number of rotatable bonds is 4. The van der Waals surface area contributed by atoms with Crippen LogP contribution in [0, 0.1) is 5.82 Å². The Morgan fingerprint density at radius 3 is 2.39 bits per heavy atom. The molecule has 4 rings (SSSR count). The average molecular weight is 449 g/mol. The lowest BCUT2D eigenvalue weighted by Crippen LogP contribution is -2.23. The van der Waals surface area contributed by atoms with Crippen LogP contribution in [0.5, 0.6) is 0 Å². The molecule has 2 heterocycles. The van der Waals surface area contributed by atoms with E-state index < -0.39 is 23.6 Å². The average Bonchev–Trinajstić information content (AvgIpc) is 3.16. The number of aromatic nitrogens is 3. The van der Waals surface area contributed by atoms with Crippen LogP contribution in [-0.2, 0) is 12.7 Å². The van der Waals surface area contributed by atoms with Gasteiger partial charge in [-0.3, -0.25) is 4.79 Å². The topological polar surface area (TPSA) is 59.3 Å². The van der Waals surface area contributed by atoms with E-state index in [1.54, 1.807) is 24.3 Å². The van der Waals surface area contributed by atoms with Crippen LogP contribution in [0.3, 0.4) is 0 Å². The number of amides is 1. The highest BCUT2D eigenvalue weighted by molar-refractivity contribution is 6.30. The molecular weight excluding hydrogens is 436 g/mol. The molecule has 2 aromatic carbocycles. The zero-order chi connectivity index (χ0) is 22.2. The van der Waals surface area contributed by atoms with E-state index in [1.807, 2.05) is 0 Å². The number of benzene rings is 2. The minimum Gasteiger partial charge on any atom is -0.348 e. The number of fused-ring (bicyclic) bond motifs is 1. The third-order valence-electron chi connectivity index (χ3n) is 4.51. The molecule has 0 saturated carbocycles. The van der Waals surface area contributed by atoms with Crippen LogP contribution < -0.4 is 5.32 Å². The first-order valence-corrected chi connectivity index (χ1v) is 9.35. The number of alkyl halides is 3. The monoisotopic (exact) mass is 448 g/mol. The summed E-state index contributed by atoms with van der Waals surface area (Å²) in [6.07, 6.45) is -3.72. The standard InChI is InChI=1S/C21H13ClF4N4O/c22-14-5-1-12(2-6-14)10-27-20(31)16-11-28-30-18(21(24,25)26)9-17(29-19(16)30)13-3-7-15(23)8-4-13/h1-9,11H,10H2,(H,27,31). The molecule has 10 heteroatoms. The summed E-state index contributed by atoms with van der Waals surface area (Å²) in [6, 6.07) is 12.4. The molecule has 31 heavy (non-hydrogen) atoms. The molecule has 5 nitrogen and oxygen atoms in total. The van der Waals surface area contributed by atoms with Crippen molar-refractivity contribution in [3.05, 3.63) is 88.5 Å². The Kier molecular flexibility index (Phi) is 5.36. The number of carbonyl (C=O) groups excluding carboxylic acids is 1. The van der Waals surface area contributed by atoms with E-state index in [4.69, 9.17) is 11.6 Å². The van der Waals surface area contributed by atoms with Crippen LogP contribution in [0.1, 0.15) is 21.6 Å². The predicted octanol–water partition coefficient (Wildman–Crippen LogP) is 5.14. The van der Waals surface area contributed by atoms with Crippen LogP contribution in [0.15, 0.2) is 60.8 Å². The van der Waals surface area contributed by atoms with Crippen molar-refractivity contribution < 1.29 is 22.4 Å². The fraction of sp³-hybridized carbons (Fsp3) is 0.0952. The molecule has 2 aromatic heterocycles. The van der Waals surface area contributed by atoms with E-state index in [0.29, 0.717) is 9.54 Å². The second-order valence-electron chi connectivity index (χ2n) is 6.63. The van der Waals surface area contributed by atoms with Gasteiger partial charge in [0.15, 0.2) is 11.3 Å². The fourth-order valence-corrected chi connectivity index (χ4v) is 3.10. The van der Waals surface area contributed by atoms with Crippen LogP contribution in [0.25, 0.3) is 16.9 Å². The molecule has 0 radical (unpaired) electrons. The van der Waals surface area contributed by atoms with Crippen LogP contribution in [-0.4, -0.2) is 20.5 Å². The predicted molar refractivity (Wildman–Crippen MR) is 106 cm³/mol. The van der Waals surface area contributed by atoms with Gasteiger partial charge in [0.2, 0.25) is 0 Å². The van der Waals surface area contributed by atoms with Gasteiger partial charge in [-0.2, -0.15) is 18.3 Å². The van der Waals surface area contributed by atoms with Gasteiger partial charge in [0.25, 0.3) is 5.91 Å². The molecule has 0 unspecified atom stereocenters. The largest absolute Gasteiger partial charge is 0.433 e. The van der Waals surface area contributed by atoms with Gasteiger partial charge in [-0.15, -0.1) is 0 Å². The third-order valence-corrected chi connectivity index (χ3v) is 4.77. The molecule has 1 N–H and O–H groups in total.